The smallest absolute Gasteiger partial charge is 0.226 e. The van der Waals surface area contributed by atoms with Crippen LogP contribution in [0.1, 0.15) is 25.8 Å². The van der Waals surface area contributed by atoms with Crippen LogP contribution in [-0.4, -0.2) is 17.4 Å². The van der Waals surface area contributed by atoms with E-state index in [1.807, 2.05) is 17.9 Å². The van der Waals surface area contributed by atoms with Crippen LogP contribution in [0.25, 0.3) is 0 Å². The monoisotopic (exact) mass is 235 g/mol. The van der Waals surface area contributed by atoms with Crippen LogP contribution in [-0.2, 0) is 11.3 Å². The Bertz CT molecular complexity index is 418. The quantitative estimate of drug-likeness (QED) is 0.785. The average Bonchev–Trinajstić information content (AvgIpc) is 3.02. The zero-order valence-corrected chi connectivity index (χ0v) is 10.3. The molecule has 1 aliphatic carbocycles. The topological polar surface area (TPSA) is 20.3 Å². The first kappa shape index (κ1) is 12.1. The molecule has 0 saturated heterocycles. The first-order valence-electron chi connectivity index (χ1n) is 6.15. The molecule has 0 N–H and O–H groups in total. The van der Waals surface area contributed by atoms with Crippen molar-refractivity contribution < 1.29 is 9.18 Å². The van der Waals surface area contributed by atoms with Gasteiger partial charge in [0, 0.05) is 19.0 Å². The van der Waals surface area contributed by atoms with Crippen LogP contribution in [0.15, 0.2) is 24.3 Å². The number of amides is 1. The predicted molar refractivity (Wildman–Crippen MR) is 64.8 cm³/mol. The van der Waals surface area contributed by atoms with Gasteiger partial charge in [-0.1, -0.05) is 19.1 Å². The molecule has 2 nitrogen and oxygen atoms in total. The van der Waals surface area contributed by atoms with E-state index in [1.165, 1.54) is 12.1 Å². The molecule has 1 aromatic carbocycles. The van der Waals surface area contributed by atoms with Crippen LogP contribution in [0.5, 0.6) is 0 Å². The van der Waals surface area contributed by atoms with Gasteiger partial charge >= 0.3 is 0 Å². The maximum absolute atomic E-state index is 13.1. The second-order valence-electron chi connectivity index (χ2n) is 4.80. The Morgan fingerprint density at radius 3 is 2.76 bits per heavy atom. The van der Waals surface area contributed by atoms with E-state index < -0.39 is 0 Å². The third-order valence-electron chi connectivity index (χ3n) is 3.38. The van der Waals surface area contributed by atoms with Gasteiger partial charge in [0.25, 0.3) is 0 Å². The SMILES string of the molecule is CCN(Cc1cccc(F)c1)C(=O)C1CC1C. The Hall–Kier alpha value is -1.38. The molecule has 1 fully saturated rings. The lowest BCUT2D eigenvalue weighted by Gasteiger charge is -2.21. The van der Waals surface area contributed by atoms with E-state index in [0.29, 0.717) is 19.0 Å². The normalized spacial score (nSPS) is 22.3. The van der Waals surface area contributed by atoms with Crippen molar-refractivity contribution in [3.63, 3.8) is 0 Å². The van der Waals surface area contributed by atoms with Crippen molar-refractivity contribution in [1.82, 2.24) is 4.90 Å². The highest BCUT2D eigenvalue weighted by Crippen LogP contribution is 2.39. The minimum atomic E-state index is -0.245. The fraction of sp³-hybridized carbons (Fsp3) is 0.500. The number of hydrogen-bond donors (Lipinski definition) is 0. The predicted octanol–water partition coefficient (Wildman–Crippen LogP) is 2.83. The Kier molecular flexibility index (Phi) is 3.46. The molecular weight excluding hydrogens is 217 g/mol. The van der Waals surface area contributed by atoms with Crippen LogP contribution in [0.3, 0.4) is 0 Å². The Morgan fingerprint density at radius 2 is 2.24 bits per heavy atom. The summed E-state index contributed by atoms with van der Waals surface area (Å²) in [6.45, 7) is 5.25. The van der Waals surface area contributed by atoms with Gasteiger partial charge in [-0.15, -0.1) is 0 Å². The van der Waals surface area contributed by atoms with Gasteiger partial charge in [-0.25, -0.2) is 4.39 Å². The van der Waals surface area contributed by atoms with Crippen molar-refractivity contribution in [2.24, 2.45) is 11.8 Å². The lowest BCUT2D eigenvalue weighted by molar-refractivity contribution is -0.133. The molecule has 0 radical (unpaired) electrons. The molecule has 92 valence electrons. The van der Waals surface area contributed by atoms with Gasteiger partial charge in [-0.2, -0.15) is 0 Å². The number of halogens is 1. The molecule has 1 aliphatic rings. The number of hydrogen-bond acceptors (Lipinski definition) is 1. The third-order valence-corrected chi connectivity index (χ3v) is 3.38. The number of carbonyl (C=O) groups is 1. The van der Waals surface area contributed by atoms with Crippen LogP contribution in [0, 0.1) is 17.7 Å². The van der Waals surface area contributed by atoms with Gasteiger partial charge in [0.2, 0.25) is 5.91 Å². The largest absolute Gasteiger partial charge is 0.338 e. The summed E-state index contributed by atoms with van der Waals surface area (Å²) in [4.78, 5) is 13.9. The van der Waals surface area contributed by atoms with Gasteiger partial charge in [0.05, 0.1) is 0 Å². The summed E-state index contributed by atoms with van der Waals surface area (Å²) in [6, 6.07) is 6.45. The van der Waals surface area contributed by atoms with Crippen molar-refractivity contribution >= 4 is 5.91 Å². The van der Waals surface area contributed by atoms with Crippen LogP contribution < -0.4 is 0 Å². The van der Waals surface area contributed by atoms with Crippen molar-refractivity contribution in [2.75, 3.05) is 6.54 Å². The van der Waals surface area contributed by atoms with E-state index in [9.17, 15) is 9.18 Å². The second kappa shape index (κ2) is 4.86. The molecule has 2 unspecified atom stereocenters. The summed E-state index contributed by atoms with van der Waals surface area (Å²) in [5.41, 5.74) is 0.855. The van der Waals surface area contributed by atoms with Crippen molar-refractivity contribution in [2.45, 2.75) is 26.8 Å². The Balaban J connectivity index is 2.02. The van der Waals surface area contributed by atoms with E-state index >= 15 is 0 Å². The van der Waals surface area contributed by atoms with Crippen LogP contribution >= 0.6 is 0 Å². The highest BCUT2D eigenvalue weighted by atomic mass is 19.1. The van der Waals surface area contributed by atoms with E-state index in [1.54, 1.807) is 6.07 Å². The highest BCUT2D eigenvalue weighted by Gasteiger charge is 2.41. The molecule has 1 amide bonds. The standard InChI is InChI=1S/C14H18FNO/c1-3-16(14(17)13-7-10(13)2)9-11-5-4-6-12(15)8-11/h4-6,8,10,13H,3,7,9H2,1-2H3. The summed E-state index contributed by atoms with van der Waals surface area (Å²) < 4.78 is 13.1. The Labute approximate surface area is 101 Å². The average molecular weight is 235 g/mol. The molecule has 1 saturated carbocycles. The van der Waals surface area contributed by atoms with Crippen LogP contribution in [0.2, 0.25) is 0 Å². The summed E-state index contributed by atoms with van der Waals surface area (Å²) in [6.07, 6.45) is 0.998. The molecule has 0 aromatic heterocycles. The van der Waals surface area contributed by atoms with Gasteiger partial charge < -0.3 is 4.90 Å². The first-order chi connectivity index (χ1) is 8.11. The summed E-state index contributed by atoms with van der Waals surface area (Å²) >= 11 is 0. The molecule has 17 heavy (non-hydrogen) atoms. The molecule has 0 bridgehead atoms. The second-order valence-corrected chi connectivity index (χ2v) is 4.80. The number of nitrogens with zero attached hydrogens (tertiary/aromatic N) is 1. The van der Waals surface area contributed by atoms with Gasteiger partial charge in [0.1, 0.15) is 5.82 Å². The number of carbonyl (C=O) groups excluding carboxylic acids is 1. The summed E-state index contributed by atoms with van der Waals surface area (Å²) in [7, 11) is 0. The van der Waals surface area contributed by atoms with E-state index in [0.717, 1.165) is 12.0 Å². The van der Waals surface area contributed by atoms with E-state index in [-0.39, 0.29) is 17.6 Å². The zero-order valence-electron chi connectivity index (χ0n) is 10.3. The van der Waals surface area contributed by atoms with Gasteiger partial charge in [0.15, 0.2) is 0 Å². The molecule has 2 rings (SSSR count). The molecule has 2 atom stereocenters. The first-order valence-corrected chi connectivity index (χ1v) is 6.15. The fourth-order valence-electron chi connectivity index (χ4n) is 2.10. The van der Waals surface area contributed by atoms with Crippen LogP contribution in [0.4, 0.5) is 4.39 Å². The Morgan fingerprint density at radius 1 is 1.53 bits per heavy atom. The summed E-state index contributed by atoms with van der Waals surface area (Å²) in [5.74, 6) is 0.683. The number of rotatable bonds is 4. The molecule has 1 aromatic rings. The molecule has 0 aliphatic heterocycles. The minimum absolute atomic E-state index is 0.198. The van der Waals surface area contributed by atoms with Crippen molar-refractivity contribution in [3.05, 3.63) is 35.6 Å². The minimum Gasteiger partial charge on any atom is -0.338 e. The summed E-state index contributed by atoms with van der Waals surface area (Å²) in [5, 5.41) is 0. The van der Waals surface area contributed by atoms with Crippen molar-refractivity contribution in [3.8, 4) is 0 Å². The third kappa shape index (κ3) is 2.84. The number of benzene rings is 1. The van der Waals surface area contributed by atoms with Gasteiger partial charge in [-0.05, 0) is 37.0 Å². The lowest BCUT2D eigenvalue weighted by atomic mass is 10.2. The molecule has 0 heterocycles. The molecule has 0 spiro atoms. The maximum Gasteiger partial charge on any atom is 0.226 e. The maximum atomic E-state index is 13.1. The molecular formula is C14H18FNO. The zero-order chi connectivity index (χ0) is 12.4. The lowest BCUT2D eigenvalue weighted by Crippen LogP contribution is -2.31. The highest BCUT2D eigenvalue weighted by molar-refractivity contribution is 5.81. The van der Waals surface area contributed by atoms with E-state index in [2.05, 4.69) is 6.92 Å². The molecule has 3 heteroatoms. The van der Waals surface area contributed by atoms with E-state index in [4.69, 9.17) is 0 Å². The van der Waals surface area contributed by atoms with Crippen molar-refractivity contribution in [1.29, 1.82) is 0 Å². The van der Waals surface area contributed by atoms with Gasteiger partial charge in [-0.3, -0.25) is 4.79 Å². The fourth-order valence-corrected chi connectivity index (χ4v) is 2.10.